The van der Waals surface area contributed by atoms with Gasteiger partial charge in [0.05, 0.1) is 19.6 Å². The summed E-state index contributed by atoms with van der Waals surface area (Å²) in [7, 11) is 3.57. The van der Waals surface area contributed by atoms with Crippen LogP contribution in [0.2, 0.25) is 0 Å². The third kappa shape index (κ3) is 2.82. The van der Waals surface area contributed by atoms with Gasteiger partial charge in [-0.1, -0.05) is 18.2 Å². The lowest BCUT2D eigenvalue weighted by Crippen LogP contribution is -1.86. The van der Waals surface area contributed by atoms with E-state index in [4.69, 9.17) is 4.74 Å². The fourth-order valence-corrected chi connectivity index (χ4v) is 1.44. The smallest absolute Gasteiger partial charge is 0.162 e. The van der Waals surface area contributed by atoms with Gasteiger partial charge in [-0.15, -0.1) is 0 Å². The number of nitrogens with zero attached hydrogens (tertiary/aromatic N) is 4. The molecule has 2 aromatic heterocycles. The average molecular weight is 242 g/mol. The number of methoxy groups -OCH3 is 1. The Morgan fingerprint density at radius 3 is 2.50 bits per heavy atom. The van der Waals surface area contributed by atoms with Crippen LogP contribution >= 0.6 is 0 Å². The van der Waals surface area contributed by atoms with Crippen LogP contribution in [0, 0.1) is 0 Å². The molecule has 0 amide bonds. The molecule has 0 saturated heterocycles. The Kier molecular flexibility index (Phi) is 3.86. The topological polar surface area (TPSA) is 52.8 Å². The van der Waals surface area contributed by atoms with Gasteiger partial charge in [0.2, 0.25) is 0 Å². The van der Waals surface area contributed by atoms with E-state index in [1.807, 2.05) is 41.9 Å². The molecule has 5 nitrogen and oxygen atoms in total. The Balaban J connectivity index is 0.000000138. The second-order valence-corrected chi connectivity index (χ2v) is 3.60. The van der Waals surface area contributed by atoms with Crippen LogP contribution in [0.5, 0.6) is 5.75 Å². The van der Waals surface area contributed by atoms with Crippen molar-refractivity contribution in [1.82, 2.24) is 19.5 Å². The molecule has 0 fully saturated rings. The van der Waals surface area contributed by atoms with Crippen LogP contribution < -0.4 is 4.74 Å². The molecule has 0 aliphatic heterocycles. The van der Waals surface area contributed by atoms with Gasteiger partial charge in [-0.25, -0.2) is 15.0 Å². The second kappa shape index (κ2) is 5.77. The summed E-state index contributed by atoms with van der Waals surface area (Å²) in [5.41, 5.74) is 1.71. The first-order valence-electron chi connectivity index (χ1n) is 5.47. The highest BCUT2D eigenvalue weighted by atomic mass is 16.5. The van der Waals surface area contributed by atoms with E-state index in [1.54, 1.807) is 19.6 Å². The van der Waals surface area contributed by atoms with Gasteiger partial charge >= 0.3 is 0 Å². The van der Waals surface area contributed by atoms with E-state index in [9.17, 15) is 0 Å². The molecule has 0 atom stereocenters. The summed E-state index contributed by atoms with van der Waals surface area (Å²) < 4.78 is 6.77. The van der Waals surface area contributed by atoms with Crippen molar-refractivity contribution in [3.8, 4) is 5.75 Å². The molecule has 5 heteroatoms. The van der Waals surface area contributed by atoms with Crippen molar-refractivity contribution in [2.45, 2.75) is 0 Å². The number of benzene rings is 1. The molecule has 2 heterocycles. The normalized spacial score (nSPS) is 9.67. The van der Waals surface area contributed by atoms with E-state index in [2.05, 4.69) is 15.0 Å². The van der Waals surface area contributed by atoms with Gasteiger partial charge in [-0.3, -0.25) is 0 Å². The van der Waals surface area contributed by atoms with Gasteiger partial charge < -0.3 is 9.30 Å². The number of aryl methyl sites for hydroxylation is 1. The molecule has 0 aliphatic carbocycles. The molecule has 3 rings (SSSR count). The van der Waals surface area contributed by atoms with Gasteiger partial charge in [0, 0.05) is 7.05 Å². The molecule has 0 radical (unpaired) electrons. The van der Waals surface area contributed by atoms with Gasteiger partial charge in [0.15, 0.2) is 5.65 Å². The van der Waals surface area contributed by atoms with Crippen LogP contribution in [0.15, 0.2) is 49.2 Å². The lowest BCUT2D eigenvalue weighted by Gasteiger charge is -1.93. The van der Waals surface area contributed by atoms with Gasteiger partial charge in [-0.05, 0) is 12.1 Å². The zero-order chi connectivity index (χ0) is 12.8. The van der Waals surface area contributed by atoms with E-state index >= 15 is 0 Å². The Morgan fingerprint density at radius 1 is 1.11 bits per heavy atom. The number of para-hydroxylation sites is 1. The molecule has 0 unspecified atom stereocenters. The molecule has 3 aromatic rings. The van der Waals surface area contributed by atoms with Crippen LogP contribution in [0.3, 0.4) is 0 Å². The van der Waals surface area contributed by atoms with Gasteiger partial charge in [-0.2, -0.15) is 0 Å². The zero-order valence-corrected chi connectivity index (χ0v) is 10.3. The Hall–Kier alpha value is -2.43. The average Bonchev–Trinajstić information content (AvgIpc) is 2.83. The lowest BCUT2D eigenvalue weighted by atomic mass is 10.3. The molecule has 0 N–H and O–H groups in total. The SMILES string of the molecule is COc1ccccc1.Cn1cnc2cncnc21. The first-order valence-corrected chi connectivity index (χ1v) is 5.47. The molecular formula is C13H14N4O. The second-order valence-electron chi connectivity index (χ2n) is 3.60. The van der Waals surface area contributed by atoms with Gasteiger partial charge in [0.25, 0.3) is 0 Å². The number of aromatic nitrogens is 4. The Morgan fingerprint density at radius 2 is 1.89 bits per heavy atom. The van der Waals surface area contributed by atoms with E-state index < -0.39 is 0 Å². The third-order valence-corrected chi connectivity index (χ3v) is 2.36. The van der Waals surface area contributed by atoms with E-state index in [-0.39, 0.29) is 0 Å². The lowest BCUT2D eigenvalue weighted by molar-refractivity contribution is 0.415. The van der Waals surface area contributed by atoms with Crippen molar-refractivity contribution < 1.29 is 4.74 Å². The summed E-state index contributed by atoms with van der Waals surface area (Å²) in [6, 6.07) is 9.68. The van der Waals surface area contributed by atoms with Crippen molar-refractivity contribution in [3.05, 3.63) is 49.2 Å². The Bertz CT molecular complexity index is 606. The number of ether oxygens (including phenoxy) is 1. The van der Waals surface area contributed by atoms with E-state index in [0.717, 1.165) is 16.9 Å². The predicted molar refractivity (Wildman–Crippen MR) is 69.3 cm³/mol. The molecule has 0 saturated carbocycles. The molecular weight excluding hydrogens is 228 g/mol. The summed E-state index contributed by atoms with van der Waals surface area (Å²) in [4.78, 5) is 11.9. The highest BCUT2D eigenvalue weighted by Crippen LogP contribution is 2.05. The summed E-state index contributed by atoms with van der Waals surface area (Å²) in [5.74, 6) is 0.910. The summed E-state index contributed by atoms with van der Waals surface area (Å²) in [6.07, 6.45) is 4.94. The standard InChI is InChI=1S/C7H8O.C6H6N4/c1-8-7-5-3-2-4-6-7;1-10-4-9-5-2-7-3-8-6(5)10/h2-6H,1H3;2-4H,1H3. The maximum atomic E-state index is 4.91. The van der Waals surface area contributed by atoms with E-state index in [0.29, 0.717) is 0 Å². The van der Waals surface area contributed by atoms with Crippen LogP contribution in [-0.4, -0.2) is 26.6 Å². The summed E-state index contributed by atoms with van der Waals surface area (Å²) in [5, 5.41) is 0. The number of hydrogen-bond donors (Lipinski definition) is 0. The van der Waals surface area contributed by atoms with Crippen molar-refractivity contribution in [2.24, 2.45) is 7.05 Å². The Labute approximate surface area is 105 Å². The minimum atomic E-state index is 0.838. The van der Waals surface area contributed by atoms with Crippen LogP contribution in [-0.2, 0) is 7.05 Å². The third-order valence-electron chi connectivity index (χ3n) is 2.36. The highest BCUT2D eigenvalue weighted by molar-refractivity contribution is 5.68. The monoisotopic (exact) mass is 242 g/mol. The number of fused-ring (bicyclic) bond motifs is 1. The zero-order valence-electron chi connectivity index (χ0n) is 10.3. The molecule has 18 heavy (non-hydrogen) atoms. The van der Waals surface area contributed by atoms with Crippen LogP contribution in [0.25, 0.3) is 11.2 Å². The number of hydrogen-bond acceptors (Lipinski definition) is 4. The maximum absolute atomic E-state index is 4.91. The molecule has 92 valence electrons. The quantitative estimate of drug-likeness (QED) is 0.655. The minimum Gasteiger partial charge on any atom is -0.497 e. The fourth-order valence-electron chi connectivity index (χ4n) is 1.44. The van der Waals surface area contributed by atoms with Gasteiger partial charge in [0.1, 0.15) is 17.6 Å². The molecule has 0 bridgehead atoms. The first-order chi connectivity index (χ1) is 8.81. The first kappa shape index (κ1) is 12.0. The van der Waals surface area contributed by atoms with Crippen LogP contribution in [0.4, 0.5) is 0 Å². The van der Waals surface area contributed by atoms with Crippen LogP contribution in [0.1, 0.15) is 0 Å². The summed E-state index contributed by atoms with van der Waals surface area (Å²) in [6.45, 7) is 0. The number of rotatable bonds is 1. The highest BCUT2D eigenvalue weighted by Gasteiger charge is 1.96. The maximum Gasteiger partial charge on any atom is 0.162 e. The molecule has 0 spiro atoms. The number of imidazole rings is 1. The fraction of sp³-hybridized carbons (Fsp3) is 0.154. The molecule has 1 aromatic carbocycles. The van der Waals surface area contributed by atoms with E-state index in [1.165, 1.54) is 6.33 Å². The van der Waals surface area contributed by atoms with Crippen molar-refractivity contribution in [2.75, 3.05) is 7.11 Å². The predicted octanol–water partition coefficient (Wildman–Crippen LogP) is 2.06. The van der Waals surface area contributed by atoms with Crippen molar-refractivity contribution in [3.63, 3.8) is 0 Å². The summed E-state index contributed by atoms with van der Waals surface area (Å²) >= 11 is 0. The largest absolute Gasteiger partial charge is 0.497 e. The van der Waals surface area contributed by atoms with Crippen molar-refractivity contribution >= 4 is 11.2 Å². The minimum absolute atomic E-state index is 0.838. The molecule has 0 aliphatic rings. The van der Waals surface area contributed by atoms with Crippen molar-refractivity contribution in [1.29, 1.82) is 0 Å².